The van der Waals surface area contributed by atoms with Gasteiger partial charge in [0.2, 0.25) is 11.8 Å². The highest BCUT2D eigenvalue weighted by Gasteiger charge is 2.34. The predicted octanol–water partition coefficient (Wildman–Crippen LogP) is 1.04. The van der Waals surface area contributed by atoms with E-state index in [1.165, 1.54) is 0 Å². The Hall–Kier alpha value is -3.20. The van der Waals surface area contributed by atoms with E-state index < -0.39 is 52.9 Å². The summed E-state index contributed by atoms with van der Waals surface area (Å²) in [5, 5.41) is 15.1. The van der Waals surface area contributed by atoms with E-state index in [1.807, 2.05) is 42.2 Å². The lowest BCUT2D eigenvalue weighted by Gasteiger charge is -2.35. The quantitative estimate of drug-likeness (QED) is 0.0262. The SMILES string of the molecule is CCC[C@H](NC(=O)[C@H](CCCN=C(N)N[N+](=O)[O-])NC(=O)[C@@H](N)C(c1ccccc1)N(CCCl)CCCl)C(=O)OCC. The maximum absolute atomic E-state index is 13.6. The van der Waals surface area contributed by atoms with Crippen molar-refractivity contribution in [3.05, 3.63) is 46.0 Å². The minimum absolute atomic E-state index is 0.0283. The molecule has 0 saturated carbocycles. The molecule has 1 unspecified atom stereocenters. The van der Waals surface area contributed by atoms with Gasteiger partial charge in [-0.05, 0) is 31.7 Å². The van der Waals surface area contributed by atoms with Crippen LogP contribution in [0.25, 0.3) is 0 Å². The first-order valence-electron chi connectivity index (χ1n) is 13.7. The molecule has 14 nitrogen and oxygen atoms in total. The monoisotopic (exact) mass is 632 g/mol. The van der Waals surface area contributed by atoms with Gasteiger partial charge < -0.3 is 26.8 Å². The number of esters is 1. The van der Waals surface area contributed by atoms with E-state index in [4.69, 9.17) is 39.4 Å². The molecule has 0 aliphatic rings. The molecule has 0 bridgehead atoms. The van der Waals surface area contributed by atoms with Crippen molar-refractivity contribution in [3.8, 4) is 0 Å². The van der Waals surface area contributed by atoms with Gasteiger partial charge in [-0.25, -0.2) is 19.9 Å². The maximum Gasteiger partial charge on any atom is 0.328 e. The van der Waals surface area contributed by atoms with E-state index >= 15 is 0 Å². The second kappa shape index (κ2) is 20.6. The van der Waals surface area contributed by atoms with E-state index in [0.29, 0.717) is 25.9 Å². The highest BCUT2D eigenvalue weighted by atomic mass is 35.5. The van der Waals surface area contributed by atoms with Crippen molar-refractivity contribution in [2.75, 3.05) is 38.0 Å². The van der Waals surface area contributed by atoms with Crippen LogP contribution in [0.4, 0.5) is 0 Å². The number of ether oxygens (including phenoxy) is 1. The maximum atomic E-state index is 13.6. The van der Waals surface area contributed by atoms with Crippen molar-refractivity contribution in [2.24, 2.45) is 16.5 Å². The van der Waals surface area contributed by atoms with Crippen LogP contribution < -0.4 is 27.5 Å². The molecule has 4 atom stereocenters. The Balaban J connectivity index is 3.22. The summed E-state index contributed by atoms with van der Waals surface area (Å²) >= 11 is 12.1. The van der Waals surface area contributed by atoms with Gasteiger partial charge in [0.1, 0.15) is 18.1 Å². The smallest absolute Gasteiger partial charge is 0.328 e. The standard InChI is InChI=1S/C26H42Cl2N8O6/c1-3-9-20(25(39)42-4-2)33-23(37)19(12-8-15-31-26(30)34-36(40)41)32-24(38)21(29)22(18-10-6-5-7-11-18)35(16-13-27)17-14-28/h5-7,10-11,19-22H,3-4,8-9,12-17,29H2,1-2H3,(H,32,38)(H,33,37)(H3,30,31,34)/t19-,20-,21-,22?/m0/s1. The molecule has 2 amide bonds. The van der Waals surface area contributed by atoms with Crippen molar-refractivity contribution in [1.82, 2.24) is 21.0 Å². The van der Waals surface area contributed by atoms with E-state index in [9.17, 15) is 24.5 Å². The third-order valence-electron chi connectivity index (χ3n) is 6.16. The van der Waals surface area contributed by atoms with Crippen molar-refractivity contribution >= 4 is 46.9 Å². The average Bonchev–Trinajstić information content (AvgIpc) is 2.94. The predicted molar refractivity (Wildman–Crippen MR) is 161 cm³/mol. The van der Waals surface area contributed by atoms with Crippen molar-refractivity contribution < 1.29 is 24.2 Å². The molecule has 0 heterocycles. The molecule has 0 fully saturated rings. The lowest BCUT2D eigenvalue weighted by atomic mass is 9.96. The number of carbonyl (C=O) groups is 3. The number of guanidine groups is 1. The molecule has 42 heavy (non-hydrogen) atoms. The molecule has 1 aromatic rings. The fourth-order valence-electron chi connectivity index (χ4n) is 4.26. The molecule has 7 N–H and O–H groups in total. The van der Waals surface area contributed by atoms with Gasteiger partial charge in [0.25, 0.3) is 5.96 Å². The molecule has 16 heteroatoms. The van der Waals surface area contributed by atoms with Gasteiger partial charge in [-0.3, -0.25) is 14.5 Å². The van der Waals surface area contributed by atoms with Gasteiger partial charge in [0.15, 0.2) is 5.03 Å². The van der Waals surface area contributed by atoms with Gasteiger partial charge in [-0.1, -0.05) is 49.1 Å². The second-order valence-corrected chi connectivity index (χ2v) is 9.99. The third kappa shape index (κ3) is 13.2. The molecule has 0 spiro atoms. The van der Waals surface area contributed by atoms with E-state index in [1.54, 1.807) is 12.3 Å². The van der Waals surface area contributed by atoms with Crippen LogP contribution in [0.1, 0.15) is 51.1 Å². The van der Waals surface area contributed by atoms with Crippen LogP contribution in [-0.2, 0) is 19.1 Å². The Morgan fingerprint density at radius 1 is 1.05 bits per heavy atom. The number of alkyl halides is 2. The third-order valence-corrected chi connectivity index (χ3v) is 6.50. The first-order chi connectivity index (χ1) is 20.1. The number of aliphatic imine (C=N–C) groups is 1. The number of hydrogen-bond acceptors (Lipinski definition) is 9. The molecule has 1 rings (SSSR count). The Morgan fingerprint density at radius 3 is 2.21 bits per heavy atom. The zero-order valence-corrected chi connectivity index (χ0v) is 25.5. The zero-order chi connectivity index (χ0) is 31.5. The number of nitro groups is 1. The topological polar surface area (TPSA) is 207 Å². The molecule has 0 radical (unpaired) electrons. The van der Waals surface area contributed by atoms with Crippen molar-refractivity contribution in [1.29, 1.82) is 0 Å². The van der Waals surface area contributed by atoms with Crippen molar-refractivity contribution in [2.45, 2.75) is 63.7 Å². The number of hydrogen-bond donors (Lipinski definition) is 5. The van der Waals surface area contributed by atoms with Crippen LogP contribution in [-0.4, -0.2) is 89.8 Å². The summed E-state index contributed by atoms with van der Waals surface area (Å²) in [5.74, 6) is -1.65. The largest absolute Gasteiger partial charge is 0.464 e. The number of carbonyl (C=O) groups excluding carboxylic acids is 3. The first-order valence-corrected chi connectivity index (χ1v) is 14.8. The highest BCUT2D eigenvalue weighted by Crippen LogP contribution is 2.24. The Morgan fingerprint density at radius 2 is 1.67 bits per heavy atom. The van der Waals surface area contributed by atoms with Gasteiger partial charge >= 0.3 is 5.97 Å². The number of nitrogens with one attached hydrogen (secondary N) is 3. The van der Waals surface area contributed by atoms with Gasteiger partial charge in [-0.15, -0.1) is 23.2 Å². The summed E-state index contributed by atoms with van der Waals surface area (Å²) in [6.07, 6.45) is 1.22. The second-order valence-electron chi connectivity index (χ2n) is 9.24. The summed E-state index contributed by atoms with van der Waals surface area (Å²) in [4.78, 5) is 55.6. The number of nitrogens with zero attached hydrogens (tertiary/aromatic N) is 3. The number of benzene rings is 1. The summed E-state index contributed by atoms with van der Waals surface area (Å²) in [6.45, 7) is 4.51. The Bertz CT molecular complexity index is 1010. The fourth-order valence-corrected chi connectivity index (χ4v) is 4.69. The number of amides is 2. The molecular formula is C26H42Cl2N8O6. The van der Waals surface area contributed by atoms with E-state index in [0.717, 1.165) is 5.56 Å². The number of halogens is 2. The fraction of sp³-hybridized carbons (Fsp3) is 0.615. The van der Waals surface area contributed by atoms with Crippen LogP contribution in [0.15, 0.2) is 35.3 Å². The Labute approximate surface area is 256 Å². The molecule has 0 saturated heterocycles. The summed E-state index contributed by atoms with van der Waals surface area (Å²) in [5.41, 5.74) is 14.5. The van der Waals surface area contributed by atoms with E-state index in [2.05, 4.69) is 15.6 Å². The number of hydrazine groups is 1. The molecule has 236 valence electrons. The van der Waals surface area contributed by atoms with Crippen LogP contribution in [0, 0.1) is 10.1 Å². The lowest BCUT2D eigenvalue weighted by Crippen LogP contribution is -2.57. The van der Waals surface area contributed by atoms with Crippen LogP contribution in [0.5, 0.6) is 0 Å². The normalized spacial score (nSPS) is 14.4. The highest BCUT2D eigenvalue weighted by molar-refractivity contribution is 6.18. The van der Waals surface area contributed by atoms with Crippen LogP contribution in [0.2, 0.25) is 0 Å². The van der Waals surface area contributed by atoms with Crippen molar-refractivity contribution in [3.63, 3.8) is 0 Å². The number of rotatable bonds is 20. The first kappa shape index (κ1) is 36.8. The lowest BCUT2D eigenvalue weighted by molar-refractivity contribution is -0.525. The van der Waals surface area contributed by atoms with Gasteiger partial charge in [-0.2, -0.15) is 0 Å². The van der Waals surface area contributed by atoms with Crippen LogP contribution in [0.3, 0.4) is 0 Å². The minimum atomic E-state index is -1.12. The zero-order valence-electron chi connectivity index (χ0n) is 24.0. The van der Waals surface area contributed by atoms with Gasteiger partial charge in [0.05, 0.1) is 12.6 Å². The molecule has 0 aliphatic heterocycles. The summed E-state index contributed by atoms with van der Waals surface area (Å²) in [7, 11) is 0. The molecule has 0 aliphatic carbocycles. The summed E-state index contributed by atoms with van der Waals surface area (Å²) < 4.78 is 5.08. The van der Waals surface area contributed by atoms with Crippen LogP contribution >= 0.6 is 23.2 Å². The minimum Gasteiger partial charge on any atom is -0.464 e. The molecule has 1 aromatic carbocycles. The summed E-state index contributed by atoms with van der Waals surface area (Å²) in [6, 6.07) is 5.43. The average molecular weight is 634 g/mol. The Kier molecular flexibility index (Phi) is 18.1. The molecular weight excluding hydrogens is 591 g/mol. The van der Waals surface area contributed by atoms with Gasteiger partial charge in [0, 0.05) is 31.4 Å². The molecule has 0 aromatic heterocycles. The van der Waals surface area contributed by atoms with E-state index in [-0.39, 0.29) is 37.8 Å². The number of nitrogens with two attached hydrogens (primary N) is 2.